The highest BCUT2D eigenvalue weighted by Crippen LogP contribution is 2.17. The summed E-state index contributed by atoms with van der Waals surface area (Å²) in [5, 5.41) is 8.60. The smallest absolute Gasteiger partial charge is 0.243 e. The number of carbonyl (C=O) groups is 2. The Morgan fingerprint density at radius 1 is 1.14 bits per heavy atom. The van der Waals surface area contributed by atoms with Gasteiger partial charge in [0.05, 0.1) is 6.54 Å². The Morgan fingerprint density at radius 3 is 2.57 bits per heavy atom. The average Bonchev–Trinajstić information content (AvgIpc) is 2.23. The molecule has 0 aromatic rings. The maximum absolute atomic E-state index is 11.5. The van der Waals surface area contributed by atoms with Crippen LogP contribution in [0.15, 0.2) is 0 Å². The molecule has 2 rings (SSSR count). The second-order valence-corrected chi connectivity index (χ2v) is 3.85. The molecule has 0 bridgehead atoms. The van der Waals surface area contributed by atoms with Gasteiger partial charge in [0.1, 0.15) is 6.04 Å². The van der Waals surface area contributed by atoms with Gasteiger partial charge in [-0.2, -0.15) is 0 Å². The fourth-order valence-corrected chi connectivity index (χ4v) is 2.08. The quantitative estimate of drug-likeness (QED) is 0.484. The van der Waals surface area contributed by atoms with Crippen molar-refractivity contribution >= 4 is 11.8 Å². The van der Waals surface area contributed by atoms with E-state index in [0.717, 1.165) is 25.9 Å². The lowest BCUT2D eigenvalue weighted by molar-refractivity contribution is -0.135. The lowest BCUT2D eigenvalue weighted by atomic mass is 9.89. The number of piperazine rings is 1. The molecule has 2 saturated heterocycles. The molecule has 78 valence electrons. The molecule has 2 aliphatic rings. The van der Waals surface area contributed by atoms with Gasteiger partial charge in [-0.05, 0) is 31.8 Å². The number of carbonyl (C=O) groups excluding carboxylic acids is 2. The summed E-state index contributed by atoms with van der Waals surface area (Å²) in [5.74, 6) is 0.185. The van der Waals surface area contributed by atoms with Gasteiger partial charge in [-0.3, -0.25) is 9.59 Å². The number of nitrogens with one attached hydrogen (secondary N) is 3. The molecule has 0 saturated carbocycles. The van der Waals surface area contributed by atoms with E-state index in [-0.39, 0.29) is 24.4 Å². The lowest BCUT2D eigenvalue weighted by Crippen LogP contribution is -2.60. The Morgan fingerprint density at radius 2 is 1.86 bits per heavy atom. The Labute approximate surface area is 82.6 Å². The summed E-state index contributed by atoms with van der Waals surface area (Å²) in [5.41, 5.74) is 0. The van der Waals surface area contributed by atoms with Crippen LogP contribution >= 0.6 is 0 Å². The van der Waals surface area contributed by atoms with E-state index in [1.807, 2.05) is 0 Å². The molecule has 2 amide bonds. The third-order valence-corrected chi connectivity index (χ3v) is 2.88. The molecule has 0 radical (unpaired) electrons. The third-order valence-electron chi connectivity index (χ3n) is 2.88. The summed E-state index contributed by atoms with van der Waals surface area (Å²) in [4.78, 5) is 22.6. The first-order valence-electron chi connectivity index (χ1n) is 5.05. The molecule has 5 nitrogen and oxygen atoms in total. The van der Waals surface area contributed by atoms with Crippen molar-refractivity contribution in [3.8, 4) is 0 Å². The fourth-order valence-electron chi connectivity index (χ4n) is 2.08. The molecule has 2 aliphatic heterocycles. The molecule has 0 aromatic heterocycles. The molecule has 0 aromatic carbocycles. The molecule has 2 fully saturated rings. The highest BCUT2D eigenvalue weighted by Gasteiger charge is 2.33. The SMILES string of the molecule is O=C1CNC(=O)C(C2CCNCC2)N1. The van der Waals surface area contributed by atoms with Crippen LogP contribution in [0.5, 0.6) is 0 Å². The normalized spacial score (nSPS) is 29.6. The molecule has 1 atom stereocenters. The van der Waals surface area contributed by atoms with Gasteiger partial charge in [0, 0.05) is 0 Å². The van der Waals surface area contributed by atoms with E-state index in [0.29, 0.717) is 5.92 Å². The first kappa shape index (κ1) is 9.45. The van der Waals surface area contributed by atoms with E-state index in [2.05, 4.69) is 16.0 Å². The maximum atomic E-state index is 11.5. The number of amides is 2. The zero-order chi connectivity index (χ0) is 9.97. The van der Waals surface area contributed by atoms with E-state index in [1.165, 1.54) is 0 Å². The van der Waals surface area contributed by atoms with E-state index < -0.39 is 0 Å². The number of piperidine rings is 1. The average molecular weight is 197 g/mol. The third kappa shape index (κ3) is 1.87. The molecular formula is C9H15N3O2. The maximum Gasteiger partial charge on any atom is 0.243 e. The van der Waals surface area contributed by atoms with Gasteiger partial charge in [-0.25, -0.2) is 0 Å². The van der Waals surface area contributed by atoms with Crippen LogP contribution in [-0.2, 0) is 9.59 Å². The number of hydrogen-bond donors (Lipinski definition) is 3. The van der Waals surface area contributed by atoms with Crippen molar-refractivity contribution in [2.75, 3.05) is 19.6 Å². The summed E-state index contributed by atoms with van der Waals surface area (Å²) in [6.07, 6.45) is 1.91. The second kappa shape index (κ2) is 3.96. The predicted octanol–water partition coefficient (Wildman–Crippen LogP) is -1.40. The van der Waals surface area contributed by atoms with Crippen molar-refractivity contribution in [1.82, 2.24) is 16.0 Å². The Hall–Kier alpha value is -1.10. The Kier molecular flexibility index (Phi) is 2.67. The van der Waals surface area contributed by atoms with Crippen LogP contribution in [-0.4, -0.2) is 37.5 Å². The number of rotatable bonds is 1. The van der Waals surface area contributed by atoms with Crippen molar-refractivity contribution in [1.29, 1.82) is 0 Å². The summed E-state index contributed by atoms with van der Waals surface area (Å²) in [6, 6.07) is -0.307. The van der Waals surface area contributed by atoms with Gasteiger partial charge in [-0.15, -0.1) is 0 Å². The van der Waals surface area contributed by atoms with E-state index in [1.54, 1.807) is 0 Å². The van der Waals surface area contributed by atoms with Gasteiger partial charge in [-0.1, -0.05) is 0 Å². The van der Waals surface area contributed by atoms with Crippen LogP contribution in [0.1, 0.15) is 12.8 Å². The van der Waals surface area contributed by atoms with Crippen molar-refractivity contribution in [3.63, 3.8) is 0 Å². The molecule has 0 spiro atoms. The van der Waals surface area contributed by atoms with Gasteiger partial charge < -0.3 is 16.0 Å². The summed E-state index contributed by atoms with van der Waals surface area (Å²) >= 11 is 0. The molecule has 2 heterocycles. The van der Waals surface area contributed by atoms with Crippen molar-refractivity contribution in [2.24, 2.45) is 5.92 Å². The van der Waals surface area contributed by atoms with Gasteiger partial charge in [0.25, 0.3) is 0 Å². The lowest BCUT2D eigenvalue weighted by Gasteiger charge is -2.32. The largest absolute Gasteiger partial charge is 0.345 e. The van der Waals surface area contributed by atoms with E-state index in [9.17, 15) is 9.59 Å². The van der Waals surface area contributed by atoms with Gasteiger partial charge in [0.15, 0.2) is 0 Å². The van der Waals surface area contributed by atoms with Gasteiger partial charge in [0.2, 0.25) is 11.8 Å². The molecular weight excluding hydrogens is 182 g/mol. The van der Waals surface area contributed by atoms with Crippen LogP contribution in [0.25, 0.3) is 0 Å². The minimum atomic E-state index is -0.307. The van der Waals surface area contributed by atoms with E-state index >= 15 is 0 Å². The number of hydrogen-bond acceptors (Lipinski definition) is 3. The molecule has 5 heteroatoms. The van der Waals surface area contributed by atoms with Crippen molar-refractivity contribution in [2.45, 2.75) is 18.9 Å². The van der Waals surface area contributed by atoms with Crippen LogP contribution < -0.4 is 16.0 Å². The Bertz CT molecular complexity index is 248. The minimum absolute atomic E-state index is 0.0310. The molecule has 14 heavy (non-hydrogen) atoms. The first-order valence-corrected chi connectivity index (χ1v) is 5.05. The summed E-state index contributed by atoms with van der Waals surface area (Å²) in [7, 11) is 0. The van der Waals surface area contributed by atoms with Crippen LogP contribution in [0.2, 0.25) is 0 Å². The first-order chi connectivity index (χ1) is 6.77. The minimum Gasteiger partial charge on any atom is -0.345 e. The fraction of sp³-hybridized carbons (Fsp3) is 0.778. The monoisotopic (exact) mass is 197 g/mol. The topological polar surface area (TPSA) is 70.2 Å². The molecule has 0 aliphatic carbocycles. The van der Waals surface area contributed by atoms with Crippen LogP contribution in [0.3, 0.4) is 0 Å². The predicted molar refractivity (Wildman–Crippen MR) is 50.5 cm³/mol. The second-order valence-electron chi connectivity index (χ2n) is 3.85. The highest BCUT2D eigenvalue weighted by atomic mass is 16.2. The molecule has 1 unspecified atom stereocenters. The van der Waals surface area contributed by atoms with Crippen molar-refractivity contribution in [3.05, 3.63) is 0 Å². The zero-order valence-electron chi connectivity index (χ0n) is 8.01. The standard InChI is InChI=1S/C9H15N3O2/c13-7-5-11-9(14)8(12-7)6-1-3-10-4-2-6/h6,8,10H,1-5H2,(H,11,14)(H,12,13). The zero-order valence-corrected chi connectivity index (χ0v) is 8.01. The van der Waals surface area contributed by atoms with Crippen molar-refractivity contribution < 1.29 is 9.59 Å². The highest BCUT2D eigenvalue weighted by molar-refractivity contribution is 5.94. The summed E-state index contributed by atoms with van der Waals surface area (Å²) in [6.45, 7) is 1.99. The van der Waals surface area contributed by atoms with Crippen LogP contribution in [0, 0.1) is 5.92 Å². The summed E-state index contributed by atoms with van der Waals surface area (Å²) < 4.78 is 0. The van der Waals surface area contributed by atoms with Gasteiger partial charge >= 0.3 is 0 Å². The molecule has 3 N–H and O–H groups in total. The van der Waals surface area contributed by atoms with Crippen LogP contribution in [0.4, 0.5) is 0 Å². The Balaban J connectivity index is 1.99. The van der Waals surface area contributed by atoms with E-state index in [4.69, 9.17) is 0 Å².